The molecule has 0 aliphatic heterocycles. The average molecular weight is 361 g/mol. The summed E-state index contributed by atoms with van der Waals surface area (Å²) in [6.45, 7) is 1.91. The molecule has 1 amide bonds. The third-order valence-electron chi connectivity index (χ3n) is 4.25. The van der Waals surface area contributed by atoms with Crippen molar-refractivity contribution in [3.8, 4) is 17.6 Å². The van der Waals surface area contributed by atoms with E-state index in [2.05, 4.69) is 10.3 Å². The van der Waals surface area contributed by atoms with Gasteiger partial charge in [0.1, 0.15) is 23.1 Å². The van der Waals surface area contributed by atoms with Crippen molar-refractivity contribution in [1.82, 2.24) is 4.98 Å². The lowest BCUT2D eigenvalue weighted by Gasteiger charge is -2.11. The van der Waals surface area contributed by atoms with Gasteiger partial charge in [-0.1, -0.05) is 18.2 Å². The number of nitrogens with zero attached hydrogens (tertiary/aromatic N) is 1. The number of carbonyl (C=O) groups excluding carboxylic acids is 1. The number of nitrogens with one attached hydrogen (secondary N) is 2. The molecule has 2 N–H and O–H groups in total. The van der Waals surface area contributed by atoms with Crippen molar-refractivity contribution in [2.75, 3.05) is 19.5 Å². The molecule has 1 aromatic heterocycles. The summed E-state index contributed by atoms with van der Waals surface area (Å²) >= 11 is 0. The summed E-state index contributed by atoms with van der Waals surface area (Å²) in [5.74, 6) is 0.527. The molecule has 1 heterocycles. The Balaban J connectivity index is 1.96. The molecular weight excluding hydrogens is 342 g/mol. The number of carbonyl (C=O) groups is 1. The van der Waals surface area contributed by atoms with Crippen molar-refractivity contribution in [3.05, 3.63) is 59.3 Å². The van der Waals surface area contributed by atoms with Crippen LogP contribution in [0.5, 0.6) is 11.5 Å². The highest BCUT2D eigenvalue weighted by atomic mass is 16.5. The summed E-state index contributed by atoms with van der Waals surface area (Å²) in [5, 5.41) is 13.2. The van der Waals surface area contributed by atoms with E-state index < -0.39 is 5.91 Å². The summed E-state index contributed by atoms with van der Waals surface area (Å²) in [4.78, 5) is 15.9. The number of aryl methyl sites for hydroxylation is 1. The Hall–Kier alpha value is -3.72. The van der Waals surface area contributed by atoms with Crippen LogP contribution >= 0.6 is 0 Å². The Kier molecular flexibility index (Phi) is 5.13. The topological polar surface area (TPSA) is 87.1 Å². The van der Waals surface area contributed by atoms with Crippen LogP contribution < -0.4 is 14.8 Å². The molecule has 3 rings (SSSR count). The van der Waals surface area contributed by atoms with Crippen LogP contribution in [-0.4, -0.2) is 25.1 Å². The first-order valence-corrected chi connectivity index (χ1v) is 8.30. The van der Waals surface area contributed by atoms with Gasteiger partial charge in [0, 0.05) is 28.2 Å². The molecule has 0 atom stereocenters. The fraction of sp³-hybridized carbons (Fsp3) is 0.143. The predicted molar refractivity (Wildman–Crippen MR) is 105 cm³/mol. The molecule has 2 aromatic carbocycles. The number of hydrogen-bond donors (Lipinski definition) is 2. The van der Waals surface area contributed by atoms with E-state index in [0.29, 0.717) is 17.2 Å². The molecule has 0 bridgehead atoms. The standard InChI is InChI=1S/C21H19N3O3/c1-13-17(16-6-4-5-7-18(16)23-13)10-14(12-22)21(25)24-19-11-15(26-2)8-9-20(19)27-3/h4-11,23H,1-3H3,(H,24,25)/b14-10+. The minimum absolute atomic E-state index is 0.00674. The highest BCUT2D eigenvalue weighted by Gasteiger charge is 2.15. The molecule has 0 unspecified atom stereocenters. The van der Waals surface area contributed by atoms with Crippen molar-refractivity contribution >= 4 is 28.6 Å². The highest BCUT2D eigenvalue weighted by molar-refractivity contribution is 6.11. The predicted octanol–water partition coefficient (Wildman–Crippen LogP) is 4.04. The van der Waals surface area contributed by atoms with Crippen molar-refractivity contribution < 1.29 is 14.3 Å². The van der Waals surface area contributed by atoms with Crippen LogP contribution in [0.25, 0.3) is 17.0 Å². The number of fused-ring (bicyclic) bond motifs is 1. The van der Waals surface area contributed by atoms with Crippen LogP contribution in [0.2, 0.25) is 0 Å². The normalized spacial score (nSPS) is 11.1. The van der Waals surface area contributed by atoms with Crippen LogP contribution in [0.4, 0.5) is 5.69 Å². The lowest BCUT2D eigenvalue weighted by Crippen LogP contribution is -2.14. The lowest BCUT2D eigenvalue weighted by molar-refractivity contribution is -0.112. The Bertz CT molecular complexity index is 1070. The number of rotatable bonds is 5. The molecule has 136 valence electrons. The van der Waals surface area contributed by atoms with E-state index in [1.54, 1.807) is 24.3 Å². The fourth-order valence-electron chi connectivity index (χ4n) is 2.88. The first kappa shape index (κ1) is 18.1. The number of para-hydroxylation sites is 1. The molecule has 6 nitrogen and oxygen atoms in total. The van der Waals surface area contributed by atoms with Gasteiger partial charge in [-0.25, -0.2) is 0 Å². The van der Waals surface area contributed by atoms with Crippen LogP contribution in [0.3, 0.4) is 0 Å². The second kappa shape index (κ2) is 7.67. The SMILES string of the molecule is COc1ccc(OC)c(NC(=O)/C(C#N)=C/c2c(C)[nH]c3ccccc23)c1. The second-order valence-corrected chi connectivity index (χ2v) is 5.90. The monoisotopic (exact) mass is 361 g/mol. The summed E-state index contributed by atoms with van der Waals surface area (Å²) in [5.41, 5.74) is 3.07. The molecule has 0 saturated heterocycles. The van der Waals surface area contributed by atoms with Gasteiger partial charge in [0.05, 0.1) is 19.9 Å². The van der Waals surface area contributed by atoms with Crippen LogP contribution in [0, 0.1) is 18.3 Å². The van der Waals surface area contributed by atoms with E-state index in [9.17, 15) is 10.1 Å². The van der Waals surface area contributed by atoms with Crippen molar-refractivity contribution in [3.63, 3.8) is 0 Å². The largest absolute Gasteiger partial charge is 0.497 e. The van der Waals surface area contributed by atoms with Gasteiger partial charge in [0.15, 0.2) is 0 Å². The molecule has 0 saturated carbocycles. The smallest absolute Gasteiger partial charge is 0.266 e. The van der Waals surface area contributed by atoms with E-state index in [4.69, 9.17) is 9.47 Å². The van der Waals surface area contributed by atoms with Crippen LogP contribution in [0.1, 0.15) is 11.3 Å². The third kappa shape index (κ3) is 3.62. The average Bonchev–Trinajstić information content (AvgIpc) is 3.00. The maximum atomic E-state index is 12.7. The fourth-order valence-corrected chi connectivity index (χ4v) is 2.88. The Morgan fingerprint density at radius 2 is 1.96 bits per heavy atom. The molecule has 0 radical (unpaired) electrons. The first-order valence-electron chi connectivity index (χ1n) is 8.30. The summed E-state index contributed by atoms with van der Waals surface area (Å²) < 4.78 is 10.4. The van der Waals surface area contributed by atoms with E-state index >= 15 is 0 Å². The van der Waals surface area contributed by atoms with E-state index in [1.807, 2.05) is 37.3 Å². The minimum Gasteiger partial charge on any atom is -0.497 e. The van der Waals surface area contributed by atoms with Gasteiger partial charge in [-0.05, 0) is 31.2 Å². The second-order valence-electron chi connectivity index (χ2n) is 5.90. The number of anilines is 1. The van der Waals surface area contributed by atoms with Crippen LogP contribution in [-0.2, 0) is 4.79 Å². The number of ether oxygens (including phenoxy) is 2. The van der Waals surface area contributed by atoms with Gasteiger partial charge in [-0.2, -0.15) is 5.26 Å². The lowest BCUT2D eigenvalue weighted by atomic mass is 10.1. The molecule has 6 heteroatoms. The molecule has 0 aliphatic carbocycles. The van der Waals surface area contributed by atoms with Crippen molar-refractivity contribution in [1.29, 1.82) is 5.26 Å². The number of benzene rings is 2. The van der Waals surface area contributed by atoms with Gasteiger partial charge < -0.3 is 19.8 Å². The van der Waals surface area contributed by atoms with Crippen molar-refractivity contribution in [2.24, 2.45) is 0 Å². The molecular formula is C21H19N3O3. The third-order valence-corrected chi connectivity index (χ3v) is 4.25. The zero-order chi connectivity index (χ0) is 19.4. The number of aromatic nitrogens is 1. The maximum Gasteiger partial charge on any atom is 0.266 e. The molecule has 0 spiro atoms. The quantitative estimate of drug-likeness (QED) is 0.530. The number of H-pyrrole nitrogens is 1. The maximum absolute atomic E-state index is 12.7. The zero-order valence-electron chi connectivity index (χ0n) is 15.3. The van der Waals surface area contributed by atoms with Gasteiger partial charge in [-0.3, -0.25) is 4.79 Å². The zero-order valence-corrected chi connectivity index (χ0v) is 15.3. The van der Waals surface area contributed by atoms with Crippen LogP contribution in [0.15, 0.2) is 48.0 Å². The Labute approximate surface area is 157 Å². The molecule has 0 aliphatic rings. The number of nitriles is 1. The summed E-state index contributed by atoms with van der Waals surface area (Å²) in [6.07, 6.45) is 1.59. The van der Waals surface area contributed by atoms with Gasteiger partial charge in [0.25, 0.3) is 5.91 Å². The van der Waals surface area contributed by atoms with E-state index in [1.165, 1.54) is 14.2 Å². The minimum atomic E-state index is -0.520. The number of hydrogen-bond acceptors (Lipinski definition) is 4. The van der Waals surface area contributed by atoms with Crippen molar-refractivity contribution in [2.45, 2.75) is 6.92 Å². The number of aromatic amines is 1. The van der Waals surface area contributed by atoms with Gasteiger partial charge >= 0.3 is 0 Å². The summed E-state index contributed by atoms with van der Waals surface area (Å²) in [6, 6.07) is 14.8. The Morgan fingerprint density at radius 3 is 2.67 bits per heavy atom. The van der Waals surface area contributed by atoms with Gasteiger partial charge in [0.2, 0.25) is 0 Å². The molecule has 27 heavy (non-hydrogen) atoms. The number of amides is 1. The van der Waals surface area contributed by atoms with E-state index in [0.717, 1.165) is 22.2 Å². The summed E-state index contributed by atoms with van der Waals surface area (Å²) in [7, 11) is 3.04. The number of methoxy groups -OCH3 is 2. The van der Waals surface area contributed by atoms with E-state index in [-0.39, 0.29) is 5.57 Å². The molecule has 3 aromatic rings. The molecule has 0 fully saturated rings. The highest BCUT2D eigenvalue weighted by Crippen LogP contribution is 2.30. The Morgan fingerprint density at radius 1 is 1.19 bits per heavy atom. The first-order chi connectivity index (χ1) is 13.1. The van der Waals surface area contributed by atoms with Gasteiger partial charge in [-0.15, -0.1) is 0 Å².